The Morgan fingerprint density at radius 1 is 1.09 bits per heavy atom. The van der Waals surface area contributed by atoms with Gasteiger partial charge in [-0.1, -0.05) is 60.7 Å². The smallest absolute Gasteiger partial charge is 0.261 e. The van der Waals surface area contributed by atoms with E-state index in [9.17, 15) is 9.59 Å². The van der Waals surface area contributed by atoms with Gasteiger partial charge < -0.3 is 15.0 Å². The van der Waals surface area contributed by atoms with Gasteiger partial charge in [0.1, 0.15) is 11.8 Å². The van der Waals surface area contributed by atoms with Crippen molar-refractivity contribution in [3.63, 3.8) is 0 Å². The van der Waals surface area contributed by atoms with Gasteiger partial charge in [-0.05, 0) is 68.5 Å². The Balaban J connectivity index is 1.74. The van der Waals surface area contributed by atoms with E-state index in [4.69, 9.17) is 27.9 Å². The van der Waals surface area contributed by atoms with Crippen LogP contribution in [0.5, 0.6) is 5.75 Å². The highest BCUT2D eigenvalue weighted by molar-refractivity contribution is 6.32. The maximum atomic E-state index is 13.3. The number of ether oxygens (including phenoxy) is 1. The number of aryl methyl sites for hydroxylation is 2. The van der Waals surface area contributed by atoms with Crippen LogP contribution in [-0.4, -0.2) is 35.4 Å². The summed E-state index contributed by atoms with van der Waals surface area (Å²) in [7, 11) is 0. The maximum absolute atomic E-state index is 13.3. The molecule has 0 spiro atoms. The van der Waals surface area contributed by atoms with E-state index >= 15 is 0 Å². The summed E-state index contributed by atoms with van der Waals surface area (Å²) in [5, 5.41) is 4.37. The number of carbonyl (C=O) groups is 2. The van der Waals surface area contributed by atoms with Crippen LogP contribution in [0.2, 0.25) is 10.0 Å². The monoisotopic (exact) mass is 490 g/mol. The minimum absolute atomic E-state index is 0.152. The molecule has 178 valence electrons. The maximum Gasteiger partial charge on any atom is 0.261 e. The van der Waals surface area contributed by atoms with Crippen LogP contribution in [0.4, 0.5) is 0 Å². The number of carbonyl (C=O) groups excluding carboxylic acids is 2. The molecular weight excluding hydrogens is 459 g/mol. The van der Waals surface area contributed by atoms with Gasteiger partial charge in [0.05, 0.1) is 0 Å². The molecule has 1 atom stereocenters. The topological polar surface area (TPSA) is 58.6 Å². The Morgan fingerprint density at radius 3 is 2.36 bits per heavy atom. The fourth-order valence-electron chi connectivity index (χ4n) is 4.18. The van der Waals surface area contributed by atoms with E-state index < -0.39 is 6.04 Å². The molecule has 2 aromatic rings. The van der Waals surface area contributed by atoms with E-state index in [1.807, 2.05) is 32.0 Å². The van der Waals surface area contributed by atoms with Crippen molar-refractivity contribution in [2.24, 2.45) is 0 Å². The number of nitrogens with zero attached hydrogens (tertiary/aromatic N) is 1. The molecule has 3 rings (SSSR count). The molecule has 0 aliphatic heterocycles. The zero-order valence-electron chi connectivity index (χ0n) is 19.5. The lowest BCUT2D eigenvalue weighted by Gasteiger charge is -2.31. The second-order valence-corrected chi connectivity index (χ2v) is 9.58. The van der Waals surface area contributed by atoms with Crippen molar-refractivity contribution in [1.82, 2.24) is 10.2 Å². The van der Waals surface area contributed by atoms with E-state index in [2.05, 4.69) is 5.32 Å². The minimum atomic E-state index is -0.659. The molecule has 0 bridgehead atoms. The van der Waals surface area contributed by atoms with Crippen LogP contribution in [0.1, 0.15) is 55.7 Å². The zero-order chi connectivity index (χ0) is 24.0. The first-order chi connectivity index (χ1) is 15.8. The van der Waals surface area contributed by atoms with Crippen molar-refractivity contribution in [2.45, 2.75) is 71.5 Å². The minimum Gasteiger partial charge on any atom is -0.484 e. The Hall–Kier alpha value is -2.24. The first-order valence-electron chi connectivity index (χ1n) is 11.5. The first kappa shape index (κ1) is 25.4. The molecule has 33 heavy (non-hydrogen) atoms. The molecular formula is C26H32Cl2N2O3. The van der Waals surface area contributed by atoms with E-state index in [1.165, 1.54) is 11.3 Å². The summed E-state index contributed by atoms with van der Waals surface area (Å²) in [6, 6.07) is 10.5. The van der Waals surface area contributed by atoms with Crippen molar-refractivity contribution >= 4 is 35.0 Å². The van der Waals surface area contributed by atoms with Crippen LogP contribution in [0.25, 0.3) is 0 Å². The van der Waals surface area contributed by atoms with Crippen molar-refractivity contribution in [3.05, 3.63) is 63.1 Å². The molecule has 1 aliphatic carbocycles. The standard InChI is InChI=1S/C26H32Cl2N2O3/c1-17-13-22(14-18(2)25(17)28)33-16-24(31)30(15-20-9-7-8-12-23(20)27)19(3)26(32)29-21-10-5-4-6-11-21/h7-9,12-14,19,21H,4-6,10-11,15-16H2,1-3H3,(H,29,32)/t19-/m1/s1. The molecule has 0 heterocycles. The SMILES string of the molecule is Cc1cc(OCC(=O)N(Cc2ccccc2Cl)[C@H](C)C(=O)NC2CCCCC2)cc(C)c1Cl. The largest absolute Gasteiger partial charge is 0.484 e. The molecule has 1 aliphatic rings. The molecule has 0 aromatic heterocycles. The number of benzene rings is 2. The molecule has 2 amide bonds. The van der Waals surface area contributed by atoms with Crippen molar-refractivity contribution in [2.75, 3.05) is 6.61 Å². The molecule has 1 saturated carbocycles. The molecule has 0 unspecified atom stereocenters. The molecule has 1 fully saturated rings. The summed E-state index contributed by atoms with van der Waals surface area (Å²) in [6.07, 6.45) is 5.41. The van der Waals surface area contributed by atoms with E-state index in [-0.39, 0.29) is 31.0 Å². The lowest BCUT2D eigenvalue weighted by atomic mass is 9.95. The second kappa shape index (κ2) is 11.8. The fourth-order valence-corrected chi connectivity index (χ4v) is 4.48. The third-order valence-electron chi connectivity index (χ3n) is 6.19. The van der Waals surface area contributed by atoms with Crippen LogP contribution in [0, 0.1) is 13.8 Å². The first-order valence-corrected chi connectivity index (χ1v) is 12.2. The third-order valence-corrected chi connectivity index (χ3v) is 7.15. The quantitative estimate of drug-likeness (QED) is 0.504. The summed E-state index contributed by atoms with van der Waals surface area (Å²) in [5.74, 6) is 0.131. The third kappa shape index (κ3) is 6.87. The van der Waals surface area contributed by atoms with Gasteiger partial charge in [0.2, 0.25) is 5.91 Å². The summed E-state index contributed by atoms with van der Waals surface area (Å²) in [4.78, 5) is 27.8. The molecule has 1 N–H and O–H groups in total. The Labute approximate surface area is 206 Å². The predicted molar refractivity (Wildman–Crippen MR) is 133 cm³/mol. The molecule has 5 nitrogen and oxygen atoms in total. The van der Waals surface area contributed by atoms with Crippen molar-refractivity contribution in [1.29, 1.82) is 0 Å². The van der Waals surface area contributed by atoms with Gasteiger partial charge in [0, 0.05) is 22.6 Å². The highest BCUT2D eigenvalue weighted by Gasteiger charge is 2.29. The van der Waals surface area contributed by atoms with Crippen LogP contribution < -0.4 is 10.1 Å². The lowest BCUT2D eigenvalue weighted by molar-refractivity contribution is -0.142. The van der Waals surface area contributed by atoms with E-state index in [1.54, 1.807) is 25.1 Å². The number of rotatable bonds is 8. The summed E-state index contributed by atoms with van der Waals surface area (Å²) in [5.41, 5.74) is 2.54. The van der Waals surface area contributed by atoms with E-state index in [0.29, 0.717) is 15.8 Å². The Bertz CT molecular complexity index is 966. The van der Waals surface area contributed by atoms with E-state index in [0.717, 1.165) is 42.4 Å². The van der Waals surface area contributed by atoms with Gasteiger partial charge in [-0.25, -0.2) is 0 Å². The van der Waals surface area contributed by atoms with Gasteiger partial charge in [-0.15, -0.1) is 0 Å². The summed E-state index contributed by atoms with van der Waals surface area (Å²) in [6.45, 7) is 5.58. The van der Waals surface area contributed by atoms with Gasteiger partial charge in [0.25, 0.3) is 5.91 Å². The second-order valence-electron chi connectivity index (χ2n) is 8.79. The number of amides is 2. The average Bonchev–Trinajstić information content (AvgIpc) is 2.80. The van der Waals surface area contributed by atoms with Gasteiger partial charge >= 0.3 is 0 Å². The summed E-state index contributed by atoms with van der Waals surface area (Å²) >= 11 is 12.6. The van der Waals surface area contributed by atoms with Crippen LogP contribution in [0.15, 0.2) is 36.4 Å². The molecule has 0 radical (unpaired) electrons. The van der Waals surface area contributed by atoms with Gasteiger partial charge in [-0.3, -0.25) is 9.59 Å². The molecule has 0 saturated heterocycles. The van der Waals surface area contributed by atoms with Crippen LogP contribution >= 0.6 is 23.2 Å². The Kier molecular flexibility index (Phi) is 9.04. The number of hydrogen-bond donors (Lipinski definition) is 1. The Morgan fingerprint density at radius 2 is 1.73 bits per heavy atom. The fraction of sp³-hybridized carbons (Fsp3) is 0.462. The molecule has 7 heteroatoms. The van der Waals surface area contributed by atoms with Crippen molar-refractivity contribution in [3.8, 4) is 5.75 Å². The number of hydrogen-bond acceptors (Lipinski definition) is 3. The number of halogens is 2. The predicted octanol–water partition coefficient (Wildman–Crippen LogP) is 5.86. The van der Waals surface area contributed by atoms with Crippen LogP contribution in [0.3, 0.4) is 0 Å². The zero-order valence-corrected chi connectivity index (χ0v) is 21.0. The van der Waals surface area contributed by atoms with Crippen LogP contribution in [-0.2, 0) is 16.1 Å². The van der Waals surface area contributed by atoms with Gasteiger partial charge in [-0.2, -0.15) is 0 Å². The normalized spacial score (nSPS) is 15.1. The van der Waals surface area contributed by atoms with Crippen molar-refractivity contribution < 1.29 is 14.3 Å². The van der Waals surface area contributed by atoms with Gasteiger partial charge in [0.15, 0.2) is 6.61 Å². The summed E-state index contributed by atoms with van der Waals surface area (Å²) < 4.78 is 5.80. The lowest BCUT2D eigenvalue weighted by Crippen LogP contribution is -2.51. The number of nitrogens with one attached hydrogen (secondary N) is 1. The average molecular weight is 491 g/mol. The highest BCUT2D eigenvalue weighted by Crippen LogP contribution is 2.26. The highest BCUT2D eigenvalue weighted by atomic mass is 35.5. The molecule has 2 aromatic carbocycles.